The van der Waals surface area contributed by atoms with Crippen LogP contribution in [0.5, 0.6) is 0 Å². The standard InChI is InChI=1S/C17H13NO2/c1-12-9-16-14(7-8-17(19)20-16)10-15(12)18-11-13-5-3-2-4-6-13/h2-11H,1H3. The number of hydrogen-bond acceptors (Lipinski definition) is 3. The molecule has 3 nitrogen and oxygen atoms in total. The van der Waals surface area contributed by atoms with Crippen molar-refractivity contribution in [3.8, 4) is 0 Å². The molecule has 0 saturated heterocycles. The first-order valence-electron chi connectivity index (χ1n) is 6.36. The molecule has 3 heteroatoms. The number of nitrogens with zero attached hydrogens (tertiary/aromatic N) is 1. The highest BCUT2D eigenvalue weighted by Gasteiger charge is 2.02. The van der Waals surface area contributed by atoms with Gasteiger partial charge < -0.3 is 4.42 Å². The average molecular weight is 263 g/mol. The molecule has 0 fully saturated rings. The van der Waals surface area contributed by atoms with Gasteiger partial charge in [-0.05, 0) is 36.2 Å². The predicted molar refractivity (Wildman–Crippen MR) is 80.9 cm³/mol. The Kier molecular flexibility index (Phi) is 3.17. The third-order valence-corrected chi connectivity index (χ3v) is 3.09. The highest BCUT2D eigenvalue weighted by molar-refractivity contribution is 5.86. The number of aryl methyl sites for hydroxylation is 1. The molecule has 0 aliphatic heterocycles. The Balaban J connectivity index is 2.04. The zero-order chi connectivity index (χ0) is 13.9. The fourth-order valence-electron chi connectivity index (χ4n) is 2.03. The topological polar surface area (TPSA) is 42.6 Å². The summed E-state index contributed by atoms with van der Waals surface area (Å²) in [6.45, 7) is 1.95. The molecule has 3 rings (SSSR count). The van der Waals surface area contributed by atoms with Gasteiger partial charge in [0.2, 0.25) is 0 Å². The van der Waals surface area contributed by atoms with E-state index < -0.39 is 0 Å². The lowest BCUT2D eigenvalue weighted by Crippen LogP contribution is -1.94. The molecule has 3 aromatic rings. The molecule has 0 bridgehead atoms. The van der Waals surface area contributed by atoms with Gasteiger partial charge in [-0.3, -0.25) is 4.99 Å². The van der Waals surface area contributed by atoms with Crippen LogP contribution < -0.4 is 5.63 Å². The Hall–Kier alpha value is -2.68. The van der Waals surface area contributed by atoms with E-state index in [0.29, 0.717) is 5.58 Å². The van der Waals surface area contributed by atoms with Gasteiger partial charge >= 0.3 is 5.63 Å². The van der Waals surface area contributed by atoms with Crippen molar-refractivity contribution in [3.63, 3.8) is 0 Å². The fraction of sp³-hybridized carbons (Fsp3) is 0.0588. The summed E-state index contributed by atoms with van der Waals surface area (Å²) in [6.07, 6.45) is 1.83. The lowest BCUT2D eigenvalue weighted by molar-refractivity contribution is 0.561. The number of aliphatic imine (C=N–C) groups is 1. The van der Waals surface area contributed by atoms with Crippen molar-refractivity contribution >= 4 is 22.9 Å². The summed E-state index contributed by atoms with van der Waals surface area (Å²) >= 11 is 0. The maximum Gasteiger partial charge on any atom is 0.336 e. The first-order valence-corrected chi connectivity index (χ1v) is 6.36. The van der Waals surface area contributed by atoms with Crippen molar-refractivity contribution in [3.05, 3.63) is 76.1 Å². The van der Waals surface area contributed by atoms with E-state index in [9.17, 15) is 4.79 Å². The summed E-state index contributed by atoms with van der Waals surface area (Å²) in [6, 6.07) is 16.9. The molecular formula is C17H13NO2. The van der Waals surface area contributed by atoms with Gasteiger partial charge in [-0.1, -0.05) is 30.3 Å². The van der Waals surface area contributed by atoms with E-state index >= 15 is 0 Å². The van der Waals surface area contributed by atoms with Gasteiger partial charge in [-0.2, -0.15) is 0 Å². The molecule has 0 amide bonds. The van der Waals surface area contributed by atoms with Crippen LogP contribution in [0.3, 0.4) is 0 Å². The molecule has 1 heterocycles. The van der Waals surface area contributed by atoms with E-state index in [-0.39, 0.29) is 5.63 Å². The molecule has 0 N–H and O–H groups in total. The van der Waals surface area contributed by atoms with Crippen LogP contribution in [0.25, 0.3) is 11.0 Å². The second-order valence-corrected chi connectivity index (χ2v) is 4.60. The molecule has 20 heavy (non-hydrogen) atoms. The lowest BCUT2D eigenvalue weighted by atomic mass is 10.1. The Morgan fingerprint density at radius 1 is 1.05 bits per heavy atom. The molecule has 0 aliphatic rings. The second kappa shape index (κ2) is 5.13. The zero-order valence-electron chi connectivity index (χ0n) is 11.0. The van der Waals surface area contributed by atoms with Crippen LogP contribution in [0.15, 0.2) is 68.8 Å². The number of rotatable bonds is 2. The summed E-state index contributed by atoms with van der Waals surface area (Å²) in [5.41, 5.74) is 3.15. The Bertz CT molecular complexity index is 832. The molecule has 0 spiro atoms. The SMILES string of the molecule is Cc1cc2oc(=O)ccc2cc1N=Cc1ccccc1. The Morgan fingerprint density at radius 3 is 2.65 bits per heavy atom. The van der Waals surface area contributed by atoms with Crippen molar-refractivity contribution in [2.45, 2.75) is 6.92 Å². The Morgan fingerprint density at radius 2 is 1.85 bits per heavy atom. The molecule has 1 aromatic heterocycles. The third-order valence-electron chi connectivity index (χ3n) is 3.09. The van der Waals surface area contributed by atoms with E-state index in [1.807, 2.05) is 55.6 Å². The Labute approximate surface area is 116 Å². The average Bonchev–Trinajstić information content (AvgIpc) is 2.46. The monoisotopic (exact) mass is 263 g/mol. The largest absolute Gasteiger partial charge is 0.423 e. The van der Waals surface area contributed by atoms with Gasteiger partial charge in [0.1, 0.15) is 5.58 Å². The minimum atomic E-state index is -0.336. The van der Waals surface area contributed by atoms with Crippen LogP contribution >= 0.6 is 0 Å². The lowest BCUT2D eigenvalue weighted by Gasteiger charge is -2.02. The third kappa shape index (κ3) is 2.52. The molecule has 0 aliphatic carbocycles. The normalized spacial score (nSPS) is 11.2. The van der Waals surface area contributed by atoms with Gasteiger partial charge in [-0.15, -0.1) is 0 Å². The summed E-state index contributed by atoms with van der Waals surface area (Å²) in [5, 5.41) is 0.871. The van der Waals surface area contributed by atoms with Crippen LogP contribution in [0.4, 0.5) is 5.69 Å². The quantitative estimate of drug-likeness (QED) is 0.520. The molecule has 2 aromatic carbocycles. The number of fused-ring (bicyclic) bond motifs is 1. The van der Waals surface area contributed by atoms with Gasteiger partial charge in [-0.25, -0.2) is 4.79 Å². The maximum absolute atomic E-state index is 11.2. The predicted octanol–water partition coefficient (Wildman–Crippen LogP) is 3.85. The van der Waals surface area contributed by atoms with E-state index in [2.05, 4.69) is 4.99 Å². The van der Waals surface area contributed by atoms with Crippen molar-refractivity contribution in [2.24, 2.45) is 4.99 Å². The molecule has 98 valence electrons. The molecule has 0 unspecified atom stereocenters. The van der Waals surface area contributed by atoms with E-state index in [0.717, 1.165) is 22.2 Å². The highest BCUT2D eigenvalue weighted by Crippen LogP contribution is 2.24. The van der Waals surface area contributed by atoms with Crippen LogP contribution in [0.1, 0.15) is 11.1 Å². The maximum atomic E-state index is 11.2. The van der Waals surface area contributed by atoms with Gasteiger partial charge in [0.15, 0.2) is 0 Å². The zero-order valence-corrected chi connectivity index (χ0v) is 11.0. The van der Waals surface area contributed by atoms with Gasteiger partial charge in [0, 0.05) is 17.7 Å². The van der Waals surface area contributed by atoms with Crippen molar-refractivity contribution in [1.82, 2.24) is 0 Å². The number of hydrogen-bond donors (Lipinski definition) is 0. The van der Waals surface area contributed by atoms with E-state index in [1.54, 1.807) is 6.07 Å². The summed E-state index contributed by atoms with van der Waals surface area (Å²) in [4.78, 5) is 15.7. The van der Waals surface area contributed by atoms with E-state index in [1.165, 1.54) is 6.07 Å². The van der Waals surface area contributed by atoms with Crippen LogP contribution in [0.2, 0.25) is 0 Å². The highest BCUT2D eigenvalue weighted by atomic mass is 16.4. The minimum absolute atomic E-state index is 0.336. The number of benzene rings is 2. The van der Waals surface area contributed by atoms with Crippen molar-refractivity contribution in [2.75, 3.05) is 0 Å². The van der Waals surface area contributed by atoms with Crippen molar-refractivity contribution in [1.29, 1.82) is 0 Å². The van der Waals surface area contributed by atoms with Gasteiger partial charge in [0.05, 0.1) is 5.69 Å². The first-order chi connectivity index (χ1) is 9.72. The smallest absolute Gasteiger partial charge is 0.336 e. The summed E-state index contributed by atoms with van der Waals surface area (Å²) in [5.74, 6) is 0. The summed E-state index contributed by atoms with van der Waals surface area (Å²) < 4.78 is 5.15. The molecule has 0 atom stereocenters. The van der Waals surface area contributed by atoms with Crippen LogP contribution in [-0.4, -0.2) is 6.21 Å². The van der Waals surface area contributed by atoms with Crippen molar-refractivity contribution < 1.29 is 4.42 Å². The summed E-state index contributed by atoms with van der Waals surface area (Å²) in [7, 11) is 0. The molecular weight excluding hydrogens is 250 g/mol. The van der Waals surface area contributed by atoms with E-state index in [4.69, 9.17) is 4.42 Å². The second-order valence-electron chi connectivity index (χ2n) is 4.60. The molecule has 0 radical (unpaired) electrons. The first kappa shape index (κ1) is 12.4. The van der Waals surface area contributed by atoms with Gasteiger partial charge in [0.25, 0.3) is 0 Å². The van der Waals surface area contributed by atoms with Crippen LogP contribution in [0, 0.1) is 6.92 Å². The van der Waals surface area contributed by atoms with Crippen LogP contribution in [-0.2, 0) is 0 Å². The molecule has 0 saturated carbocycles. The fourth-order valence-corrected chi connectivity index (χ4v) is 2.03. The minimum Gasteiger partial charge on any atom is -0.423 e.